The molecule has 1 fully saturated rings. The van der Waals surface area contributed by atoms with Crippen molar-refractivity contribution in [3.63, 3.8) is 0 Å². The Morgan fingerprint density at radius 3 is 2.90 bits per heavy atom. The third-order valence-corrected chi connectivity index (χ3v) is 8.64. The molecule has 11 heteroatoms. The van der Waals surface area contributed by atoms with E-state index in [-0.39, 0.29) is 12.5 Å². The summed E-state index contributed by atoms with van der Waals surface area (Å²) in [4.78, 5) is 21.8. The maximum atomic E-state index is 12.9. The Kier molecular flexibility index (Phi) is 6.79. The summed E-state index contributed by atoms with van der Waals surface area (Å²) < 4.78 is 3.69. The van der Waals surface area contributed by atoms with Crippen molar-refractivity contribution in [2.24, 2.45) is 7.05 Å². The van der Waals surface area contributed by atoms with E-state index in [2.05, 4.69) is 38.6 Å². The number of anilines is 2. The van der Waals surface area contributed by atoms with Crippen molar-refractivity contribution in [2.75, 3.05) is 25.0 Å². The Labute approximate surface area is 230 Å². The molecule has 0 bridgehead atoms. The molecule has 0 aliphatic carbocycles. The number of thiophene rings is 1. The lowest BCUT2D eigenvalue weighted by molar-refractivity contribution is 0.0947. The summed E-state index contributed by atoms with van der Waals surface area (Å²) >= 11 is 1.57. The van der Waals surface area contributed by atoms with E-state index in [0.29, 0.717) is 24.0 Å². The quantitative estimate of drug-likeness (QED) is 0.270. The molecule has 1 aliphatic heterocycles. The molecular formula is C28H32N8O2S. The molecule has 0 unspecified atom stereocenters. The highest BCUT2D eigenvalue weighted by molar-refractivity contribution is 7.15. The highest BCUT2D eigenvalue weighted by Crippen LogP contribution is 2.34. The summed E-state index contributed by atoms with van der Waals surface area (Å²) in [5.74, 6) is 0.514. The Hall–Kier alpha value is -3.80. The molecule has 5 aromatic rings. The lowest BCUT2D eigenvalue weighted by Gasteiger charge is -2.20. The zero-order valence-corrected chi connectivity index (χ0v) is 23.1. The summed E-state index contributed by atoms with van der Waals surface area (Å²) in [6.07, 6.45) is 7.85. The Balaban J connectivity index is 1.24. The molecule has 10 nitrogen and oxygen atoms in total. The summed E-state index contributed by atoms with van der Waals surface area (Å²) in [5.41, 5.74) is 4.91. The molecule has 3 N–H and O–H groups in total. The largest absolute Gasteiger partial charge is 0.391 e. The first kappa shape index (κ1) is 25.5. The number of likely N-dealkylation sites (tertiary alicyclic amines) is 1. The fraction of sp³-hybridized carbons (Fsp3) is 0.357. The number of nitrogens with one attached hydrogen (secondary N) is 2. The van der Waals surface area contributed by atoms with Crippen LogP contribution in [0.4, 0.5) is 11.5 Å². The predicted molar refractivity (Wildman–Crippen MR) is 154 cm³/mol. The van der Waals surface area contributed by atoms with Crippen LogP contribution >= 0.6 is 11.3 Å². The number of amides is 1. The molecule has 202 valence electrons. The number of nitrogens with zero attached hydrogens (tertiary/aromatic N) is 6. The van der Waals surface area contributed by atoms with Crippen LogP contribution in [0.1, 0.15) is 40.7 Å². The molecule has 1 amide bonds. The molecule has 6 rings (SSSR count). The van der Waals surface area contributed by atoms with Gasteiger partial charge >= 0.3 is 0 Å². The zero-order chi connectivity index (χ0) is 27.1. The van der Waals surface area contributed by atoms with E-state index < -0.39 is 0 Å². The van der Waals surface area contributed by atoms with Crippen LogP contribution in [-0.2, 0) is 13.7 Å². The third-order valence-electron chi connectivity index (χ3n) is 7.52. The van der Waals surface area contributed by atoms with Gasteiger partial charge in [0.05, 0.1) is 46.2 Å². The van der Waals surface area contributed by atoms with Gasteiger partial charge < -0.3 is 15.7 Å². The summed E-state index contributed by atoms with van der Waals surface area (Å²) in [7, 11) is 1.91. The van der Waals surface area contributed by atoms with Gasteiger partial charge in [-0.25, -0.2) is 4.52 Å². The van der Waals surface area contributed by atoms with Crippen molar-refractivity contribution in [1.82, 2.24) is 34.6 Å². The van der Waals surface area contributed by atoms with Crippen molar-refractivity contribution >= 4 is 45.2 Å². The van der Waals surface area contributed by atoms with Crippen molar-refractivity contribution in [3.05, 3.63) is 59.0 Å². The molecule has 0 spiro atoms. The number of hydrogen-bond acceptors (Lipinski definition) is 8. The van der Waals surface area contributed by atoms with Crippen LogP contribution in [0.25, 0.3) is 26.9 Å². The molecule has 1 saturated heterocycles. The normalized spacial score (nSPS) is 15.9. The second kappa shape index (κ2) is 10.4. The van der Waals surface area contributed by atoms with Crippen LogP contribution in [0, 0.1) is 6.92 Å². The Morgan fingerprint density at radius 1 is 1.26 bits per heavy atom. The van der Waals surface area contributed by atoms with Gasteiger partial charge in [0.1, 0.15) is 0 Å². The number of carbonyl (C=O) groups excluding carboxylic acids is 1. The number of fused-ring (bicyclic) bond motifs is 3. The lowest BCUT2D eigenvalue weighted by atomic mass is 10.2. The summed E-state index contributed by atoms with van der Waals surface area (Å²) in [6.45, 7) is 6.74. The van der Waals surface area contributed by atoms with Crippen LogP contribution in [0.3, 0.4) is 0 Å². The topological polar surface area (TPSA) is 113 Å². The summed E-state index contributed by atoms with van der Waals surface area (Å²) in [6, 6.07) is 8.46. The van der Waals surface area contributed by atoms with Crippen LogP contribution < -0.4 is 10.6 Å². The first-order valence-electron chi connectivity index (χ1n) is 13.2. The first-order chi connectivity index (χ1) is 18.9. The number of aliphatic hydroxyl groups excluding tert-OH is 1. The standard InChI is InChI=1S/C28H32N8O2S/c1-17-5-4-9-35(17)10-8-29-28(38)19-11-23(18(2)30-13-19)32-27-22-14-31-36-15-20(25-7-6-21(16-37)39-25)12-24(36)26(22)34(3)33-27/h6-7,11-15,17,37H,4-5,8-10,16H2,1-3H3,(H,29,38)(H,32,33)/t17-/m0/s1. The average molecular weight is 545 g/mol. The molecule has 1 aliphatic rings. The number of pyridine rings is 1. The van der Waals surface area contributed by atoms with E-state index in [1.165, 1.54) is 12.8 Å². The maximum Gasteiger partial charge on any atom is 0.252 e. The minimum absolute atomic E-state index is 0.0340. The third kappa shape index (κ3) is 4.88. The Morgan fingerprint density at radius 2 is 2.13 bits per heavy atom. The zero-order valence-electron chi connectivity index (χ0n) is 22.3. The fourth-order valence-corrected chi connectivity index (χ4v) is 6.16. The van der Waals surface area contributed by atoms with E-state index in [4.69, 9.17) is 5.10 Å². The van der Waals surface area contributed by atoms with E-state index in [1.54, 1.807) is 23.7 Å². The maximum absolute atomic E-state index is 12.9. The Bertz CT molecular complexity index is 1670. The second-order valence-corrected chi connectivity index (χ2v) is 11.3. The number of rotatable bonds is 8. The molecule has 0 radical (unpaired) electrons. The van der Waals surface area contributed by atoms with Gasteiger partial charge in [0.25, 0.3) is 5.91 Å². The van der Waals surface area contributed by atoms with Crippen LogP contribution in [-0.4, -0.2) is 66.0 Å². The van der Waals surface area contributed by atoms with Crippen molar-refractivity contribution < 1.29 is 9.90 Å². The fourth-order valence-electron chi connectivity index (χ4n) is 5.31. The number of hydrogen-bond donors (Lipinski definition) is 3. The molecule has 6 heterocycles. The summed E-state index contributed by atoms with van der Waals surface area (Å²) in [5, 5.41) is 26.1. The van der Waals surface area contributed by atoms with Gasteiger partial charge in [-0.3, -0.25) is 19.4 Å². The number of aromatic nitrogens is 5. The molecule has 0 saturated carbocycles. The van der Waals surface area contributed by atoms with E-state index >= 15 is 0 Å². The highest BCUT2D eigenvalue weighted by atomic mass is 32.1. The van der Waals surface area contributed by atoms with Gasteiger partial charge in [0, 0.05) is 53.9 Å². The van der Waals surface area contributed by atoms with Crippen molar-refractivity contribution in [3.8, 4) is 10.4 Å². The van der Waals surface area contributed by atoms with Crippen LogP contribution in [0.5, 0.6) is 0 Å². The number of aliphatic hydroxyl groups is 1. The molecule has 5 aromatic heterocycles. The minimum atomic E-state index is -0.134. The van der Waals surface area contributed by atoms with Gasteiger partial charge in [0.2, 0.25) is 0 Å². The number of carbonyl (C=O) groups is 1. The number of aryl methyl sites for hydroxylation is 2. The lowest BCUT2D eigenvalue weighted by Crippen LogP contribution is -2.36. The SMILES string of the molecule is Cc1ncc(C(=O)NCCN2CCC[C@@H]2C)cc1Nc1nn(C)c2c1cnn1cc(-c3ccc(CO)s3)cc21. The van der Waals surface area contributed by atoms with Gasteiger partial charge in [-0.2, -0.15) is 10.2 Å². The van der Waals surface area contributed by atoms with Crippen molar-refractivity contribution in [2.45, 2.75) is 39.3 Å². The van der Waals surface area contributed by atoms with Crippen molar-refractivity contribution in [1.29, 1.82) is 0 Å². The molecule has 0 aromatic carbocycles. The van der Waals surface area contributed by atoms with E-state index in [0.717, 1.165) is 56.2 Å². The van der Waals surface area contributed by atoms with E-state index in [9.17, 15) is 9.90 Å². The van der Waals surface area contributed by atoms with Crippen LogP contribution in [0.2, 0.25) is 0 Å². The van der Waals surface area contributed by atoms with Gasteiger partial charge in [-0.15, -0.1) is 11.3 Å². The molecular weight excluding hydrogens is 512 g/mol. The monoisotopic (exact) mass is 544 g/mol. The second-order valence-electron chi connectivity index (χ2n) is 10.1. The highest BCUT2D eigenvalue weighted by Gasteiger charge is 2.20. The first-order valence-corrected chi connectivity index (χ1v) is 14.0. The van der Waals surface area contributed by atoms with Crippen LogP contribution in [0.15, 0.2) is 42.9 Å². The minimum Gasteiger partial charge on any atom is -0.391 e. The van der Waals surface area contributed by atoms with Gasteiger partial charge in [-0.05, 0) is 57.5 Å². The van der Waals surface area contributed by atoms with Gasteiger partial charge in [-0.1, -0.05) is 0 Å². The molecule has 1 atom stereocenters. The smallest absolute Gasteiger partial charge is 0.252 e. The average Bonchev–Trinajstić information content (AvgIpc) is 3.71. The van der Waals surface area contributed by atoms with E-state index in [1.807, 2.05) is 47.6 Å². The van der Waals surface area contributed by atoms with Gasteiger partial charge in [0.15, 0.2) is 5.82 Å². The molecule has 39 heavy (non-hydrogen) atoms. The predicted octanol–water partition coefficient (Wildman–Crippen LogP) is 4.10.